The first-order valence-corrected chi connectivity index (χ1v) is 12.8. The molecule has 2 aliphatic heterocycles. The fourth-order valence-corrected chi connectivity index (χ4v) is 6.14. The molecule has 0 radical (unpaired) electrons. The van der Waals surface area contributed by atoms with Gasteiger partial charge in [-0.05, 0) is 36.2 Å². The van der Waals surface area contributed by atoms with E-state index in [1.165, 1.54) is 5.56 Å². The standard InChI is InChI=1S/C24H28N4O3S/c25-16-20-6-8-21(9-7-20)17-26-11-13-27(14-12-26)18-24(29)28(22-4-2-1-3-5-22)23-10-15-32(30,31)19-23/h1-9,23H,10-15,17-19H2/t23-/m0/s1. The molecule has 2 aliphatic rings. The minimum absolute atomic E-state index is 0.0337. The lowest BCUT2D eigenvalue weighted by Gasteiger charge is -2.36. The minimum Gasteiger partial charge on any atom is -0.307 e. The number of carbonyl (C=O) groups excluding carboxylic acids is 1. The average molecular weight is 453 g/mol. The van der Waals surface area contributed by atoms with Crippen LogP contribution < -0.4 is 4.90 Å². The summed E-state index contributed by atoms with van der Waals surface area (Å²) >= 11 is 0. The van der Waals surface area contributed by atoms with E-state index in [0.29, 0.717) is 12.0 Å². The Kier molecular flexibility index (Phi) is 6.89. The van der Waals surface area contributed by atoms with Crippen molar-refractivity contribution in [3.63, 3.8) is 0 Å². The van der Waals surface area contributed by atoms with Gasteiger partial charge in [0.05, 0.1) is 35.7 Å². The van der Waals surface area contributed by atoms with Crippen LogP contribution in [0.5, 0.6) is 0 Å². The van der Waals surface area contributed by atoms with Gasteiger partial charge in [-0.15, -0.1) is 0 Å². The lowest BCUT2D eigenvalue weighted by molar-refractivity contribution is -0.120. The number of nitriles is 1. The van der Waals surface area contributed by atoms with Crippen LogP contribution in [-0.4, -0.2) is 74.4 Å². The van der Waals surface area contributed by atoms with Crippen molar-refractivity contribution in [2.45, 2.75) is 19.0 Å². The molecule has 168 valence electrons. The van der Waals surface area contributed by atoms with Gasteiger partial charge in [0, 0.05) is 38.4 Å². The smallest absolute Gasteiger partial charge is 0.241 e. The van der Waals surface area contributed by atoms with Crippen molar-refractivity contribution in [2.75, 3.05) is 49.1 Å². The highest BCUT2D eigenvalue weighted by atomic mass is 32.2. The molecule has 0 bridgehead atoms. The Labute approximate surface area is 189 Å². The van der Waals surface area contributed by atoms with Crippen molar-refractivity contribution in [2.24, 2.45) is 0 Å². The van der Waals surface area contributed by atoms with Gasteiger partial charge in [-0.3, -0.25) is 14.6 Å². The van der Waals surface area contributed by atoms with Crippen LogP contribution in [0.1, 0.15) is 17.5 Å². The van der Waals surface area contributed by atoms with Crippen LogP contribution in [0.4, 0.5) is 5.69 Å². The van der Waals surface area contributed by atoms with E-state index < -0.39 is 9.84 Å². The molecule has 32 heavy (non-hydrogen) atoms. The van der Waals surface area contributed by atoms with Crippen molar-refractivity contribution < 1.29 is 13.2 Å². The third-order valence-corrected chi connectivity index (χ3v) is 7.94. The lowest BCUT2D eigenvalue weighted by Crippen LogP contribution is -2.51. The number of rotatable bonds is 6. The predicted octanol–water partition coefficient (Wildman–Crippen LogP) is 1.90. The van der Waals surface area contributed by atoms with Gasteiger partial charge in [-0.25, -0.2) is 8.42 Å². The fraction of sp³-hybridized carbons (Fsp3) is 0.417. The molecule has 2 fully saturated rings. The fourth-order valence-electron chi connectivity index (χ4n) is 4.44. The highest BCUT2D eigenvalue weighted by Gasteiger charge is 2.36. The number of hydrogen-bond acceptors (Lipinski definition) is 6. The number of para-hydroxylation sites is 1. The maximum absolute atomic E-state index is 13.3. The molecule has 1 amide bonds. The molecule has 2 aromatic carbocycles. The highest BCUT2D eigenvalue weighted by molar-refractivity contribution is 7.91. The molecular weight excluding hydrogens is 424 g/mol. The summed E-state index contributed by atoms with van der Waals surface area (Å²) in [7, 11) is -3.09. The summed E-state index contributed by atoms with van der Waals surface area (Å²) in [6.45, 7) is 4.40. The second kappa shape index (κ2) is 9.82. The van der Waals surface area contributed by atoms with Crippen molar-refractivity contribution in [1.82, 2.24) is 9.80 Å². The number of carbonyl (C=O) groups is 1. The van der Waals surface area contributed by atoms with Crippen LogP contribution in [0.15, 0.2) is 54.6 Å². The van der Waals surface area contributed by atoms with E-state index in [1.807, 2.05) is 54.6 Å². The highest BCUT2D eigenvalue weighted by Crippen LogP contribution is 2.25. The second-order valence-electron chi connectivity index (χ2n) is 8.52. The largest absolute Gasteiger partial charge is 0.307 e. The number of amides is 1. The van der Waals surface area contributed by atoms with Crippen molar-refractivity contribution >= 4 is 21.4 Å². The van der Waals surface area contributed by atoms with Gasteiger partial charge in [-0.1, -0.05) is 30.3 Å². The van der Waals surface area contributed by atoms with Crippen LogP contribution in [0.25, 0.3) is 0 Å². The molecule has 0 unspecified atom stereocenters. The Morgan fingerprint density at radius 2 is 1.66 bits per heavy atom. The molecule has 0 aromatic heterocycles. The molecule has 1 atom stereocenters. The summed E-state index contributed by atoms with van der Waals surface area (Å²) in [6.07, 6.45) is 0.487. The first-order chi connectivity index (χ1) is 15.4. The summed E-state index contributed by atoms with van der Waals surface area (Å²) in [5.41, 5.74) is 2.60. The molecule has 2 saturated heterocycles. The topological polar surface area (TPSA) is 84.7 Å². The molecule has 8 heteroatoms. The van der Waals surface area contributed by atoms with Crippen LogP contribution in [0.2, 0.25) is 0 Å². The molecule has 2 heterocycles. The van der Waals surface area contributed by atoms with Gasteiger partial charge in [0.15, 0.2) is 9.84 Å². The number of nitrogens with zero attached hydrogens (tertiary/aromatic N) is 4. The van der Waals surface area contributed by atoms with Crippen LogP contribution in [0, 0.1) is 11.3 Å². The molecule has 0 spiro atoms. The van der Waals surface area contributed by atoms with Gasteiger partial charge in [0.2, 0.25) is 5.91 Å². The first kappa shape index (κ1) is 22.5. The normalized spacial score (nSPS) is 21.2. The van der Waals surface area contributed by atoms with E-state index >= 15 is 0 Å². The predicted molar refractivity (Wildman–Crippen MR) is 124 cm³/mol. The lowest BCUT2D eigenvalue weighted by atomic mass is 10.1. The van der Waals surface area contributed by atoms with E-state index in [0.717, 1.165) is 38.4 Å². The summed E-state index contributed by atoms with van der Waals surface area (Å²) in [6, 6.07) is 18.9. The molecule has 0 N–H and O–H groups in total. The maximum atomic E-state index is 13.3. The monoisotopic (exact) mass is 452 g/mol. The summed E-state index contributed by atoms with van der Waals surface area (Å²) < 4.78 is 24.1. The number of hydrogen-bond donors (Lipinski definition) is 0. The first-order valence-electron chi connectivity index (χ1n) is 10.9. The van der Waals surface area contributed by atoms with Gasteiger partial charge < -0.3 is 4.90 Å². The van der Waals surface area contributed by atoms with Gasteiger partial charge in [-0.2, -0.15) is 5.26 Å². The van der Waals surface area contributed by atoms with Crippen LogP contribution in [0.3, 0.4) is 0 Å². The minimum atomic E-state index is -3.09. The molecule has 2 aromatic rings. The summed E-state index contributed by atoms with van der Waals surface area (Å²) in [5.74, 6) is 0.132. The van der Waals surface area contributed by atoms with E-state index in [-0.39, 0.29) is 30.0 Å². The Morgan fingerprint density at radius 3 is 2.25 bits per heavy atom. The Balaban J connectivity index is 1.35. The summed E-state index contributed by atoms with van der Waals surface area (Å²) in [4.78, 5) is 19.5. The number of benzene rings is 2. The van der Waals surface area contributed by atoms with Crippen molar-refractivity contribution in [3.8, 4) is 6.07 Å². The molecular formula is C24H28N4O3S. The quantitative estimate of drug-likeness (QED) is 0.666. The Hall–Kier alpha value is -2.73. The van der Waals surface area contributed by atoms with E-state index in [2.05, 4.69) is 15.9 Å². The van der Waals surface area contributed by atoms with Crippen LogP contribution in [-0.2, 0) is 21.2 Å². The van der Waals surface area contributed by atoms with Crippen molar-refractivity contribution in [1.29, 1.82) is 5.26 Å². The zero-order valence-electron chi connectivity index (χ0n) is 18.1. The van der Waals surface area contributed by atoms with Crippen molar-refractivity contribution in [3.05, 3.63) is 65.7 Å². The van der Waals surface area contributed by atoms with E-state index in [4.69, 9.17) is 5.26 Å². The number of anilines is 1. The zero-order valence-corrected chi connectivity index (χ0v) is 18.9. The van der Waals surface area contributed by atoms with E-state index in [9.17, 15) is 13.2 Å². The van der Waals surface area contributed by atoms with Crippen LogP contribution >= 0.6 is 0 Å². The van der Waals surface area contributed by atoms with Gasteiger partial charge >= 0.3 is 0 Å². The second-order valence-corrected chi connectivity index (χ2v) is 10.7. The van der Waals surface area contributed by atoms with Gasteiger partial charge in [0.1, 0.15) is 0 Å². The van der Waals surface area contributed by atoms with E-state index in [1.54, 1.807) is 4.90 Å². The number of sulfone groups is 1. The third kappa shape index (κ3) is 5.54. The molecule has 7 nitrogen and oxygen atoms in total. The molecule has 0 aliphatic carbocycles. The maximum Gasteiger partial charge on any atom is 0.241 e. The number of piperazine rings is 1. The average Bonchev–Trinajstić information content (AvgIpc) is 3.15. The third-order valence-electron chi connectivity index (χ3n) is 6.19. The SMILES string of the molecule is N#Cc1ccc(CN2CCN(CC(=O)N(c3ccccc3)[C@H]3CCS(=O)(=O)C3)CC2)cc1. The van der Waals surface area contributed by atoms with Gasteiger partial charge in [0.25, 0.3) is 0 Å². The molecule has 4 rings (SSSR count). The molecule has 0 saturated carbocycles. The Bertz CT molecular complexity index is 1070. The zero-order chi connectivity index (χ0) is 22.6. The summed E-state index contributed by atoms with van der Waals surface area (Å²) in [5, 5.41) is 8.93. The Morgan fingerprint density at radius 1 is 1.00 bits per heavy atom.